The lowest BCUT2D eigenvalue weighted by atomic mass is 10.2. The van der Waals surface area contributed by atoms with Gasteiger partial charge in [-0.3, -0.25) is 9.36 Å². The van der Waals surface area contributed by atoms with Gasteiger partial charge >= 0.3 is 6.36 Å². The third kappa shape index (κ3) is 5.16. The fourth-order valence-corrected chi connectivity index (χ4v) is 5.31. The summed E-state index contributed by atoms with van der Waals surface area (Å²) in [5, 5.41) is 1.32. The van der Waals surface area contributed by atoms with Crippen LogP contribution in [0.15, 0.2) is 57.3 Å². The zero-order valence-electron chi connectivity index (χ0n) is 15.6. The van der Waals surface area contributed by atoms with Crippen LogP contribution in [0.1, 0.15) is 11.3 Å². The first-order valence-electron chi connectivity index (χ1n) is 8.93. The summed E-state index contributed by atoms with van der Waals surface area (Å²) in [7, 11) is 0. The Kier molecular flexibility index (Phi) is 6.48. The van der Waals surface area contributed by atoms with Crippen LogP contribution in [-0.2, 0) is 12.2 Å². The van der Waals surface area contributed by atoms with E-state index in [-0.39, 0.29) is 11.3 Å². The summed E-state index contributed by atoms with van der Waals surface area (Å²) in [4.78, 5) is 18.4. The van der Waals surface area contributed by atoms with Gasteiger partial charge in [0.15, 0.2) is 5.16 Å². The topological polar surface area (TPSA) is 44.1 Å². The molecule has 2 aromatic carbocycles. The molecule has 4 rings (SSSR count). The number of alkyl halides is 3. The first-order valence-corrected chi connectivity index (χ1v) is 11.7. The van der Waals surface area contributed by atoms with Crippen LogP contribution in [0, 0.1) is 0 Å². The Morgan fingerprint density at radius 3 is 2.55 bits per heavy atom. The number of halogens is 5. The van der Waals surface area contributed by atoms with E-state index in [1.807, 2.05) is 6.07 Å². The van der Waals surface area contributed by atoms with Crippen LogP contribution in [0.4, 0.5) is 13.2 Å². The molecule has 0 N–H and O–H groups in total. The minimum Gasteiger partial charge on any atom is -0.406 e. The number of aryl methyl sites for hydroxylation is 1. The average molecular weight is 505 g/mol. The number of ether oxygens (including phenoxy) is 1. The molecule has 2 heterocycles. The number of aromatic nitrogens is 2. The van der Waals surface area contributed by atoms with E-state index < -0.39 is 6.36 Å². The molecule has 0 bridgehead atoms. The number of fused-ring (bicyclic) bond motifs is 1. The Labute approximate surface area is 193 Å². The normalized spacial score (nSPS) is 13.3. The highest BCUT2D eigenvalue weighted by molar-refractivity contribution is 7.99. The van der Waals surface area contributed by atoms with Gasteiger partial charge in [-0.05, 0) is 42.0 Å². The van der Waals surface area contributed by atoms with Gasteiger partial charge in [0.1, 0.15) is 5.75 Å². The number of benzene rings is 2. The summed E-state index contributed by atoms with van der Waals surface area (Å²) in [6.45, 7) is 0. The van der Waals surface area contributed by atoms with Gasteiger partial charge < -0.3 is 4.74 Å². The van der Waals surface area contributed by atoms with E-state index in [2.05, 4.69) is 9.72 Å². The molecule has 0 radical (unpaired) electrons. The number of rotatable bonds is 5. The van der Waals surface area contributed by atoms with Gasteiger partial charge in [0.2, 0.25) is 0 Å². The Morgan fingerprint density at radius 1 is 1.13 bits per heavy atom. The number of hydrogen-bond donors (Lipinski definition) is 0. The maximum atomic E-state index is 13.1. The van der Waals surface area contributed by atoms with Crippen molar-refractivity contribution in [2.45, 2.75) is 28.6 Å². The Morgan fingerprint density at radius 2 is 1.87 bits per heavy atom. The van der Waals surface area contributed by atoms with E-state index in [9.17, 15) is 18.0 Å². The van der Waals surface area contributed by atoms with Crippen LogP contribution in [0.25, 0.3) is 5.69 Å². The molecular weight excluding hydrogens is 492 g/mol. The monoisotopic (exact) mass is 504 g/mol. The van der Waals surface area contributed by atoms with Crippen molar-refractivity contribution in [3.8, 4) is 11.4 Å². The number of thioether (sulfide) groups is 2. The van der Waals surface area contributed by atoms with Gasteiger partial charge in [0, 0.05) is 17.9 Å². The molecule has 3 aromatic rings. The molecule has 0 unspecified atom stereocenters. The van der Waals surface area contributed by atoms with Crippen LogP contribution in [0.3, 0.4) is 0 Å². The van der Waals surface area contributed by atoms with Gasteiger partial charge in [-0.1, -0.05) is 41.0 Å². The van der Waals surface area contributed by atoms with E-state index >= 15 is 0 Å². The predicted octanol–water partition coefficient (Wildman–Crippen LogP) is 6.38. The Hall–Kier alpha value is -1.81. The molecule has 0 saturated carbocycles. The Bertz CT molecular complexity index is 1180. The molecule has 0 fully saturated rings. The Balaban J connectivity index is 1.69. The second kappa shape index (κ2) is 8.97. The van der Waals surface area contributed by atoms with Crippen molar-refractivity contribution in [1.29, 1.82) is 0 Å². The molecule has 4 nitrogen and oxygen atoms in total. The fraction of sp³-hybridized carbons (Fsp3) is 0.200. The summed E-state index contributed by atoms with van der Waals surface area (Å²) < 4.78 is 42.7. The summed E-state index contributed by atoms with van der Waals surface area (Å²) in [6, 6.07) is 10.4. The fourth-order valence-electron chi connectivity index (χ4n) is 2.99. The van der Waals surface area contributed by atoms with Crippen molar-refractivity contribution in [3.63, 3.8) is 0 Å². The smallest absolute Gasteiger partial charge is 0.406 e. The quantitative estimate of drug-likeness (QED) is 0.298. The van der Waals surface area contributed by atoms with Crippen LogP contribution >= 0.6 is 46.7 Å². The molecule has 162 valence electrons. The van der Waals surface area contributed by atoms with Crippen molar-refractivity contribution < 1.29 is 17.9 Å². The zero-order chi connectivity index (χ0) is 22.2. The van der Waals surface area contributed by atoms with E-state index in [4.69, 9.17) is 23.2 Å². The van der Waals surface area contributed by atoms with Crippen LogP contribution in [0.5, 0.6) is 5.75 Å². The molecule has 0 aliphatic carbocycles. The molecular formula is C20H13Cl2F3N2O2S2. The molecule has 1 aliphatic rings. The molecule has 11 heteroatoms. The van der Waals surface area contributed by atoms with Crippen LogP contribution in [0.2, 0.25) is 10.0 Å². The number of hydrogen-bond acceptors (Lipinski definition) is 5. The number of nitrogens with zero attached hydrogens (tertiary/aromatic N) is 2. The van der Waals surface area contributed by atoms with Crippen molar-refractivity contribution in [3.05, 3.63) is 74.1 Å². The molecule has 31 heavy (non-hydrogen) atoms. The van der Waals surface area contributed by atoms with Gasteiger partial charge in [-0.25, -0.2) is 4.98 Å². The summed E-state index contributed by atoms with van der Waals surface area (Å²) in [5.74, 6) is 0.874. The van der Waals surface area contributed by atoms with Crippen LogP contribution in [-0.4, -0.2) is 21.7 Å². The maximum Gasteiger partial charge on any atom is 0.573 e. The standard InChI is InChI=1S/C20H13Cl2F3N2O2S2/c21-14-6-1-11(9-15(14)22)10-31-19-26-16-7-8-30-17(16)18(28)27(19)12-2-4-13(5-3-12)29-20(23,24)25/h1-6,9H,7-8,10H2. The van der Waals surface area contributed by atoms with E-state index in [0.717, 1.165) is 17.0 Å². The second-order valence-corrected chi connectivity index (χ2v) is 9.35. The summed E-state index contributed by atoms with van der Waals surface area (Å²) in [5.41, 5.74) is 1.79. The van der Waals surface area contributed by atoms with Crippen molar-refractivity contribution in [1.82, 2.24) is 9.55 Å². The molecule has 0 amide bonds. The molecule has 0 atom stereocenters. The maximum absolute atomic E-state index is 13.1. The predicted molar refractivity (Wildman–Crippen MR) is 117 cm³/mol. The van der Waals surface area contributed by atoms with Crippen molar-refractivity contribution >= 4 is 46.7 Å². The third-order valence-electron chi connectivity index (χ3n) is 4.35. The van der Waals surface area contributed by atoms with E-state index in [1.54, 1.807) is 12.1 Å². The largest absolute Gasteiger partial charge is 0.573 e. The first kappa shape index (κ1) is 22.4. The van der Waals surface area contributed by atoms with Crippen molar-refractivity contribution in [2.24, 2.45) is 0 Å². The third-order valence-corrected chi connectivity index (χ3v) is 7.20. The zero-order valence-corrected chi connectivity index (χ0v) is 18.7. The van der Waals surface area contributed by atoms with Gasteiger partial charge in [-0.15, -0.1) is 24.9 Å². The molecule has 1 aliphatic heterocycles. The second-order valence-electron chi connectivity index (χ2n) is 6.49. The summed E-state index contributed by atoms with van der Waals surface area (Å²) >= 11 is 14.8. The molecule has 0 spiro atoms. The van der Waals surface area contributed by atoms with E-state index in [1.165, 1.54) is 52.4 Å². The van der Waals surface area contributed by atoms with Crippen LogP contribution < -0.4 is 10.3 Å². The SMILES string of the molecule is O=c1c2c(nc(SCc3ccc(Cl)c(Cl)c3)n1-c1ccc(OC(F)(F)F)cc1)CCS2. The van der Waals surface area contributed by atoms with Gasteiger partial charge in [0.25, 0.3) is 5.56 Å². The lowest BCUT2D eigenvalue weighted by Gasteiger charge is -2.15. The van der Waals surface area contributed by atoms with Gasteiger partial charge in [-0.2, -0.15) is 0 Å². The summed E-state index contributed by atoms with van der Waals surface area (Å²) in [6.07, 6.45) is -4.10. The molecule has 1 aromatic heterocycles. The highest BCUT2D eigenvalue weighted by Crippen LogP contribution is 2.32. The average Bonchev–Trinajstić information content (AvgIpc) is 3.18. The molecule has 0 saturated heterocycles. The highest BCUT2D eigenvalue weighted by Gasteiger charge is 2.31. The minimum absolute atomic E-state index is 0.242. The first-order chi connectivity index (χ1) is 14.7. The highest BCUT2D eigenvalue weighted by atomic mass is 35.5. The van der Waals surface area contributed by atoms with Gasteiger partial charge in [0.05, 0.1) is 26.3 Å². The minimum atomic E-state index is -4.79. The lowest BCUT2D eigenvalue weighted by Crippen LogP contribution is -2.24. The van der Waals surface area contributed by atoms with Crippen molar-refractivity contribution in [2.75, 3.05) is 5.75 Å². The lowest BCUT2D eigenvalue weighted by molar-refractivity contribution is -0.274. The van der Waals surface area contributed by atoms with E-state index in [0.29, 0.717) is 38.0 Å².